The predicted molar refractivity (Wildman–Crippen MR) is 111 cm³/mol. The topological polar surface area (TPSA) is 94.9 Å². The molecule has 1 aromatic carbocycles. The Morgan fingerprint density at radius 2 is 1.81 bits per heavy atom. The molecule has 0 amide bonds. The largest absolute Gasteiger partial charge is 0.383 e. The van der Waals surface area contributed by atoms with Crippen molar-refractivity contribution in [2.45, 2.75) is 6.42 Å². The van der Waals surface area contributed by atoms with E-state index in [9.17, 15) is 13.2 Å². The average Bonchev–Trinajstić information content (AvgIpc) is 3.16. The van der Waals surface area contributed by atoms with Gasteiger partial charge < -0.3 is 5.73 Å². The van der Waals surface area contributed by atoms with Gasteiger partial charge in [0.2, 0.25) is 0 Å². The van der Waals surface area contributed by atoms with E-state index in [1.807, 2.05) is 6.07 Å². The average molecular weight is 433 g/mol. The minimum absolute atomic E-state index is 0.182. The van der Waals surface area contributed by atoms with Crippen LogP contribution < -0.4 is 5.73 Å². The number of hydrogen-bond donors (Lipinski definition) is 1. The second-order valence-electron chi connectivity index (χ2n) is 6.97. The molecular weight excluding hydrogens is 419 g/mol. The molecule has 2 N–H and O–H groups in total. The van der Waals surface area contributed by atoms with Crippen LogP contribution in [0.2, 0.25) is 0 Å². The summed E-state index contributed by atoms with van der Waals surface area (Å²) in [6, 6.07) is 8.46. The Balaban J connectivity index is 1.60. The zero-order chi connectivity index (χ0) is 22.2. The van der Waals surface area contributed by atoms with Crippen molar-refractivity contribution in [3.05, 3.63) is 90.0 Å². The van der Waals surface area contributed by atoms with Crippen LogP contribution >= 0.6 is 0 Å². The number of nitrogen functional groups attached to an aromatic ring is 1. The molecule has 0 fully saturated rings. The minimum Gasteiger partial charge on any atom is -0.383 e. The van der Waals surface area contributed by atoms with E-state index in [-0.39, 0.29) is 29.5 Å². The molecule has 7 nitrogen and oxygen atoms in total. The fourth-order valence-corrected chi connectivity index (χ4v) is 3.43. The molecule has 0 aliphatic rings. The molecule has 158 valence electrons. The number of benzene rings is 1. The van der Waals surface area contributed by atoms with Crippen LogP contribution in [-0.2, 0) is 6.42 Å². The van der Waals surface area contributed by atoms with Crippen molar-refractivity contribution >= 4 is 11.3 Å². The summed E-state index contributed by atoms with van der Waals surface area (Å²) in [5, 5.41) is 4.23. The molecule has 0 saturated carbocycles. The van der Waals surface area contributed by atoms with Crippen LogP contribution in [0.25, 0.3) is 28.2 Å². The molecule has 0 spiro atoms. The SMILES string of the molecule is Nc1nc(-c2nc(Cc3cc(F)cc(F)c3F)n3ncccc23)ncc1-c1cccnc1. The highest BCUT2D eigenvalue weighted by molar-refractivity contribution is 5.77. The summed E-state index contributed by atoms with van der Waals surface area (Å²) < 4.78 is 42.9. The normalized spacial score (nSPS) is 11.2. The van der Waals surface area contributed by atoms with Gasteiger partial charge in [-0.05, 0) is 24.3 Å². The van der Waals surface area contributed by atoms with E-state index in [0.29, 0.717) is 22.8 Å². The molecular formula is C22H14F3N7. The molecule has 4 heterocycles. The van der Waals surface area contributed by atoms with Crippen molar-refractivity contribution in [1.29, 1.82) is 0 Å². The molecule has 32 heavy (non-hydrogen) atoms. The van der Waals surface area contributed by atoms with Gasteiger partial charge in [0.05, 0.1) is 5.52 Å². The standard InChI is InChI=1S/C22H14F3N7/c23-14-7-13(19(25)16(24)9-14)8-18-30-20(17-4-2-6-29-32(17)18)22-28-11-15(21(26)31-22)12-3-1-5-27-10-12/h1-7,9-11H,8H2,(H2,26,28,31). The Kier molecular flexibility index (Phi) is 4.74. The number of rotatable bonds is 4. The van der Waals surface area contributed by atoms with Crippen LogP contribution in [0.5, 0.6) is 0 Å². The third-order valence-corrected chi connectivity index (χ3v) is 4.90. The lowest BCUT2D eigenvalue weighted by Crippen LogP contribution is -2.03. The Morgan fingerprint density at radius 1 is 0.969 bits per heavy atom. The van der Waals surface area contributed by atoms with Crippen molar-refractivity contribution in [3.63, 3.8) is 0 Å². The van der Waals surface area contributed by atoms with Gasteiger partial charge in [-0.25, -0.2) is 32.6 Å². The Labute approximate surface area is 179 Å². The molecule has 0 bridgehead atoms. The zero-order valence-electron chi connectivity index (χ0n) is 16.4. The van der Waals surface area contributed by atoms with E-state index < -0.39 is 17.5 Å². The summed E-state index contributed by atoms with van der Waals surface area (Å²) in [4.78, 5) is 17.3. The molecule has 0 aliphatic heterocycles. The van der Waals surface area contributed by atoms with Crippen LogP contribution in [0, 0.1) is 17.5 Å². The molecule has 5 rings (SSSR count). The number of anilines is 1. The smallest absolute Gasteiger partial charge is 0.182 e. The number of nitrogens with two attached hydrogens (primary N) is 1. The highest BCUT2D eigenvalue weighted by atomic mass is 19.2. The van der Waals surface area contributed by atoms with E-state index in [1.54, 1.807) is 36.8 Å². The number of imidazole rings is 1. The van der Waals surface area contributed by atoms with E-state index in [4.69, 9.17) is 5.73 Å². The lowest BCUT2D eigenvalue weighted by Gasteiger charge is -2.05. The fraction of sp³-hybridized carbons (Fsp3) is 0.0455. The Morgan fingerprint density at radius 3 is 2.59 bits per heavy atom. The lowest BCUT2D eigenvalue weighted by atomic mass is 10.1. The van der Waals surface area contributed by atoms with Gasteiger partial charge in [-0.2, -0.15) is 5.10 Å². The first-order chi connectivity index (χ1) is 15.5. The van der Waals surface area contributed by atoms with Gasteiger partial charge in [-0.3, -0.25) is 4.98 Å². The van der Waals surface area contributed by atoms with Crippen molar-refractivity contribution in [2.24, 2.45) is 0 Å². The molecule has 10 heteroatoms. The number of nitrogens with zero attached hydrogens (tertiary/aromatic N) is 6. The second kappa shape index (κ2) is 7.73. The van der Waals surface area contributed by atoms with E-state index in [2.05, 4.69) is 25.0 Å². The van der Waals surface area contributed by atoms with E-state index in [0.717, 1.165) is 11.6 Å². The van der Waals surface area contributed by atoms with Crippen molar-refractivity contribution < 1.29 is 13.2 Å². The lowest BCUT2D eigenvalue weighted by molar-refractivity contribution is 0.486. The number of pyridine rings is 1. The maximum Gasteiger partial charge on any atom is 0.182 e. The monoisotopic (exact) mass is 433 g/mol. The third kappa shape index (κ3) is 3.41. The van der Waals surface area contributed by atoms with Gasteiger partial charge in [-0.1, -0.05) is 6.07 Å². The molecule has 0 unspecified atom stereocenters. The highest BCUT2D eigenvalue weighted by Crippen LogP contribution is 2.28. The molecule has 5 aromatic rings. The fourth-order valence-electron chi connectivity index (χ4n) is 3.43. The van der Waals surface area contributed by atoms with Crippen LogP contribution in [0.1, 0.15) is 11.4 Å². The van der Waals surface area contributed by atoms with Gasteiger partial charge >= 0.3 is 0 Å². The number of hydrogen-bond acceptors (Lipinski definition) is 6. The Bertz CT molecular complexity index is 1450. The molecule has 4 aromatic heterocycles. The first-order valence-electron chi connectivity index (χ1n) is 9.50. The maximum atomic E-state index is 14.2. The van der Waals surface area contributed by atoms with Crippen molar-refractivity contribution in [3.8, 4) is 22.6 Å². The highest BCUT2D eigenvalue weighted by Gasteiger charge is 2.20. The maximum absolute atomic E-state index is 14.2. The van der Waals surface area contributed by atoms with Gasteiger partial charge in [0.25, 0.3) is 0 Å². The second-order valence-corrected chi connectivity index (χ2v) is 6.97. The van der Waals surface area contributed by atoms with E-state index in [1.165, 1.54) is 10.7 Å². The number of aromatic nitrogens is 6. The van der Waals surface area contributed by atoms with E-state index >= 15 is 0 Å². The summed E-state index contributed by atoms with van der Waals surface area (Å²) >= 11 is 0. The predicted octanol–water partition coefficient (Wildman–Crippen LogP) is 3.84. The molecule has 0 aliphatic carbocycles. The van der Waals surface area contributed by atoms with Crippen molar-refractivity contribution in [1.82, 2.24) is 29.5 Å². The summed E-state index contributed by atoms with van der Waals surface area (Å²) in [5.41, 5.74) is 8.24. The first kappa shape index (κ1) is 19.6. The summed E-state index contributed by atoms with van der Waals surface area (Å²) in [6.45, 7) is 0. The van der Waals surface area contributed by atoms with Gasteiger partial charge in [0, 0.05) is 54.0 Å². The summed E-state index contributed by atoms with van der Waals surface area (Å²) in [5.74, 6) is -2.56. The van der Waals surface area contributed by atoms with Gasteiger partial charge in [0.1, 0.15) is 23.2 Å². The van der Waals surface area contributed by atoms with Crippen LogP contribution in [0.3, 0.4) is 0 Å². The summed E-state index contributed by atoms with van der Waals surface area (Å²) in [6.07, 6.45) is 6.19. The van der Waals surface area contributed by atoms with Crippen molar-refractivity contribution in [2.75, 3.05) is 5.73 Å². The number of halogens is 3. The van der Waals surface area contributed by atoms with Crippen LogP contribution in [0.4, 0.5) is 19.0 Å². The Hall–Kier alpha value is -4.34. The zero-order valence-corrected chi connectivity index (χ0v) is 16.4. The third-order valence-electron chi connectivity index (χ3n) is 4.90. The minimum atomic E-state index is -1.27. The van der Waals surface area contributed by atoms with Gasteiger partial charge in [0.15, 0.2) is 17.5 Å². The first-order valence-corrected chi connectivity index (χ1v) is 9.50. The summed E-state index contributed by atoms with van der Waals surface area (Å²) in [7, 11) is 0. The number of fused-ring (bicyclic) bond motifs is 1. The van der Waals surface area contributed by atoms with Crippen LogP contribution in [0.15, 0.2) is 61.2 Å². The van der Waals surface area contributed by atoms with Gasteiger partial charge in [-0.15, -0.1) is 0 Å². The quantitative estimate of drug-likeness (QED) is 0.433. The molecule has 0 saturated heterocycles. The van der Waals surface area contributed by atoms with Crippen LogP contribution in [-0.4, -0.2) is 29.5 Å². The molecule has 0 radical (unpaired) electrons. The molecule has 0 atom stereocenters.